The van der Waals surface area contributed by atoms with E-state index < -0.39 is 0 Å². The molecule has 0 saturated carbocycles. The predicted molar refractivity (Wildman–Crippen MR) is 97.1 cm³/mol. The number of hydrogen-bond acceptors (Lipinski definition) is 2. The van der Waals surface area contributed by atoms with Crippen LogP contribution in [0.15, 0.2) is 72.8 Å². The monoisotopic (exact) mass is 301 g/mol. The molecule has 0 spiro atoms. The van der Waals surface area contributed by atoms with Crippen LogP contribution >= 0.6 is 0 Å². The van der Waals surface area contributed by atoms with Crippen LogP contribution in [-0.4, -0.2) is 5.11 Å². The first-order chi connectivity index (χ1) is 11.1. The SMILES string of the molecule is Cc1ccc(/C(=C\c2ccc(N)cc2)c2ccc(O)cc2)cc1. The van der Waals surface area contributed by atoms with Gasteiger partial charge in [-0.15, -0.1) is 0 Å². The van der Waals surface area contributed by atoms with Crippen LogP contribution in [0.25, 0.3) is 11.6 Å². The van der Waals surface area contributed by atoms with Crippen molar-refractivity contribution in [1.82, 2.24) is 0 Å². The topological polar surface area (TPSA) is 46.2 Å². The molecule has 2 nitrogen and oxygen atoms in total. The number of aromatic hydroxyl groups is 1. The van der Waals surface area contributed by atoms with E-state index in [9.17, 15) is 5.11 Å². The third-order valence-electron chi connectivity index (χ3n) is 3.79. The molecule has 3 N–H and O–H groups in total. The molecule has 0 unspecified atom stereocenters. The van der Waals surface area contributed by atoms with Crippen molar-refractivity contribution in [3.63, 3.8) is 0 Å². The van der Waals surface area contributed by atoms with Gasteiger partial charge in [0.15, 0.2) is 0 Å². The lowest BCUT2D eigenvalue weighted by Gasteiger charge is -2.10. The first-order valence-corrected chi connectivity index (χ1v) is 7.55. The van der Waals surface area contributed by atoms with E-state index in [1.807, 2.05) is 36.4 Å². The van der Waals surface area contributed by atoms with Gasteiger partial charge in [-0.3, -0.25) is 0 Å². The molecule has 0 heterocycles. The van der Waals surface area contributed by atoms with E-state index in [1.54, 1.807) is 12.1 Å². The molecule has 114 valence electrons. The molecule has 3 aromatic rings. The van der Waals surface area contributed by atoms with Gasteiger partial charge in [-0.2, -0.15) is 0 Å². The highest BCUT2D eigenvalue weighted by Crippen LogP contribution is 2.28. The minimum atomic E-state index is 0.268. The third kappa shape index (κ3) is 3.61. The molecule has 2 heteroatoms. The van der Waals surface area contributed by atoms with Gasteiger partial charge in [0, 0.05) is 5.69 Å². The van der Waals surface area contributed by atoms with Crippen molar-refractivity contribution in [2.45, 2.75) is 6.92 Å². The van der Waals surface area contributed by atoms with Crippen molar-refractivity contribution in [2.75, 3.05) is 5.73 Å². The molecule has 3 aromatic carbocycles. The maximum Gasteiger partial charge on any atom is 0.115 e. The summed E-state index contributed by atoms with van der Waals surface area (Å²) in [7, 11) is 0. The number of nitrogens with two attached hydrogens (primary N) is 1. The van der Waals surface area contributed by atoms with Crippen LogP contribution in [0, 0.1) is 6.92 Å². The molecule has 0 aromatic heterocycles. The lowest BCUT2D eigenvalue weighted by atomic mass is 9.95. The summed E-state index contributed by atoms with van der Waals surface area (Å²) in [6.45, 7) is 2.08. The number of rotatable bonds is 3. The maximum absolute atomic E-state index is 9.53. The van der Waals surface area contributed by atoms with Crippen molar-refractivity contribution in [3.05, 3.63) is 95.1 Å². The van der Waals surface area contributed by atoms with Gasteiger partial charge >= 0.3 is 0 Å². The van der Waals surface area contributed by atoms with Crippen LogP contribution in [-0.2, 0) is 0 Å². The van der Waals surface area contributed by atoms with Crippen molar-refractivity contribution in [1.29, 1.82) is 0 Å². The Morgan fingerprint density at radius 2 is 1.30 bits per heavy atom. The first-order valence-electron chi connectivity index (χ1n) is 7.55. The third-order valence-corrected chi connectivity index (χ3v) is 3.79. The predicted octanol–water partition coefficient (Wildman–Crippen LogP) is 4.87. The second kappa shape index (κ2) is 6.41. The Balaban J connectivity index is 2.10. The summed E-state index contributed by atoms with van der Waals surface area (Å²) in [5, 5.41) is 9.53. The fourth-order valence-electron chi connectivity index (χ4n) is 2.47. The molecule has 0 amide bonds. The summed E-state index contributed by atoms with van der Waals surface area (Å²) in [4.78, 5) is 0. The van der Waals surface area contributed by atoms with Crippen molar-refractivity contribution < 1.29 is 5.11 Å². The quantitative estimate of drug-likeness (QED) is 0.535. The largest absolute Gasteiger partial charge is 0.508 e. The van der Waals surface area contributed by atoms with Gasteiger partial charge in [0.2, 0.25) is 0 Å². The van der Waals surface area contributed by atoms with E-state index in [1.165, 1.54) is 5.56 Å². The fraction of sp³-hybridized carbons (Fsp3) is 0.0476. The van der Waals surface area contributed by atoms with Crippen molar-refractivity contribution >= 4 is 17.3 Å². The Morgan fingerprint density at radius 3 is 1.87 bits per heavy atom. The van der Waals surface area contributed by atoms with Gasteiger partial charge in [0.25, 0.3) is 0 Å². The summed E-state index contributed by atoms with van der Waals surface area (Å²) in [6, 6.07) is 23.5. The number of aryl methyl sites for hydroxylation is 1. The highest BCUT2D eigenvalue weighted by molar-refractivity contribution is 5.91. The number of phenolic OH excluding ortho intramolecular Hbond substituents is 1. The molecule has 3 rings (SSSR count). The molecule has 0 saturated heterocycles. The molecule has 0 fully saturated rings. The van der Waals surface area contributed by atoms with E-state index in [4.69, 9.17) is 5.73 Å². The van der Waals surface area contributed by atoms with Gasteiger partial charge < -0.3 is 10.8 Å². The van der Waals surface area contributed by atoms with Crippen LogP contribution in [0.4, 0.5) is 5.69 Å². The van der Waals surface area contributed by atoms with Crippen LogP contribution < -0.4 is 5.73 Å². The molecule has 0 atom stereocenters. The Kier molecular flexibility index (Phi) is 4.15. The van der Waals surface area contributed by atoms with Crippen LogP contribution in [0.2, 0.25) is 0 Å². The van der Waals surface area contributed by atoms with E-state index in [-0.39, 0.29) is 5.75 Å². The second-order valence-corrected chi connectivity index (χ2v) is 5.64. The summed E-state index contributed by atoms with van der Waals surface area (Å²) in [6.07, 6.45) is 2.14. The first kappa shape index (κ1) is 14.9. The van der Waals surface area contributed by atoms with Gasteiger partial charge in [0.1, 0.15) is 5.75 Å². The molecule has 0 radical (unpaired) electrons. The van der Waals surface area contributed by atoms with E-state index in [0.717, 1.165) is 28.0 Å². The smallest absolute Gasteiger partial charge is 0.115 e. The fourth-order valence-corrected chi connectivity index (χ4v) is 2.47. The van der Waals surface area contributed by atoms with Crippen molar-refractivity contribution in [3.8, 4) is 5.75 Å². The number of nitrogen functional groups attached to an aromatic ring is 1. The minimum absolute atomic E-state index is 0.268. The zero-order valence-corrected chi connectivity index (χ0v) is 13.0. The van der Waals surface area contributed by atoms with E-state index >= 15 is 0 Å². The normalized spacial score (nSPS) is 11.4. The molecule has 0 aliphatic heterocycles. The van der Waals surface area contributed by atoms with Gasteiger partial charge in [-0.25, -0.2) is 0 Å². The Hall–Kier alpha value is -3.00. The Bertz CT molecular complexity index is 766. The number of phenols is 1. The standard InChI is InChI=1S/C21H19NO/c1-15-2-6-17(7-3-15)21(18-8-12-20(23)13-9-18)14-16-4-10-19(22)11-5-16/h2-14,23H,22H2,1H3/b21-14+. The molecule has 0 aliphatic rings. The summed E-state index contributed by atoms with van der Waals surface area (Å²) in [5.74, 6) is 0.268. The van der Waals surface area contributed by atoms with Gasteiger partial charge in [-0.05, 0) is 59.5 Å². The molecule has 0 aliphatic carbocycles. The second-order valence-electron chi connectivity index (χ2n) is 5.64. The summed E-state index contributed by atoms with van der Waals surface area (Å²) >= 11 is 0. The molecule has 0 bridgehead atoms. The summed E-state index contributed by atoms with van der Waals surface area (Å²) < 4.78 is 0. The van der Waals surface area contributed by atoms with Crippen LogP contribution in [0.3, 0.4) is 0 Å². The lowest BCUT2D eigenvalue weighted by Crippen LogP contribution is -1.89. The van der Waals surface area contributed by atoms with Gasteiger partial charge in [-0.1, -0.05) is 54.1 Å². The zero-order chi connectivity index (χ0) is 16.2. The van der Waals surface area contributed by atoms with E-state index in [0.29, 0.717) is 0 Å². The Labute approximate surface area is 136 Å². The number of anilines is 1. The average molecular weight is 301 g/mol. The van der Waals surface area contributed by atoms with E-state index in [2.05, 4.69) is 37.3 Å². The Morgan fingerprint density at radius 1 is 0.783 bits per heavy atom. The minimum Gasteiger partial charge on any atom is -0.508 e. The maximum atomic E-state index is 9.53. The number of benzene rings is 3. The highest BCUT2D eigenvalue weighted by atomic mass is 16.3. The summed E-state index contributed by atoms with van der Waals surface area (Å²) in [5.41, 5.74) is 12.1. The van der Waals surface area contributed by atoms with Crippen LogP contribution in [0.1, 0.15) is 22.3 Å². The zero-order valence-electron chi connectivity index (χ0n) is 13.0. The lowest BCUT2D eigenvalue weighted by molar-refractivity contribution is 0.475. The number of hydrogen-bond donors (Lipinski definition) is 2. The molecular weight excluding hydrogens is 282 g/mol. The van der Waals surface area contributed by atoms with Crippen molar-refractivity contribution in [2.24, 2.45) is 0 Å². The van der Waals surface area contributed by atoms with Gasteiger partial charge in [0.05, 0.1) is 0 Å². The highest BCUT2D eigenvalue weighted by Gasteiger charge is 2.06. The molecular formula is C21H19NO. The molecule has 23 heavy (non-hydrogen) atoms. The average Bonchev–Trinajstić information content (AvgIpc) is 2.56. The van der Waals surface area contributed by atoms with Crippen LogP contribution in [0.5, 0.6) is 5.75 Å².